The molecular weight excluding hydrogens is 215 g/mol. The Morgan fingerprint density at radius 1 is 1.62 bits per heavy atom. The van der Waals surface area contributed by atoms with Crippen molar-refractivity contribution in [3.8, 4) is 0 Å². The van der Waals surface area contributed by atoms with E-state index >= 15 is 0 Å². The Bertz CT molecular complexity index is 59.5. The van der Waals surface area contributed by atoms with Crippen LogP contribution in [0.4, 0.5) is 0 Å². The van der Waals surface area contributed by atoms with E-state index in [2.05, 4.69) is 22.6 Å². The molecule has 1 heterocycles. The zero-order valence-corrected chi connectivity index (χ0v) is 7.06. The summed E-state index contributed by atoms with van der Waals surface area (Å²) < 4.78 is 6.63. The van der Waals surface area contributed by atoms with Gasteiger partial charge < -0.3 is 4.74 Å². The van der Waals surface area contributed by atoms with E-state index < -0.39 is 0 Å². The molecule has 1 fully saturated rings. The molecule has 0 spiro atoms. The molecule has 48 valence electrons. The van der Waals surface area contributed by atoms with E-state index in [-0.39, 0.29) is 0 Å². The molecule has 1 aliphatic heterocycles. The molecule has 2 heteroatoms. The maximum absolute atomic E-state index is 5.39. The molecule has 0 amide bonds. The van der Waals surface area contributed by atoms with Crippen molar-refractivity contribution in [3.63, 3.8) is 0 Å². The van der Waals surface area contributed by atoms with Gasteiger partial charge in [-0.25, -0.2) is 0 Å². The Morgan fingerprint density at radius 3 is 3.00 bits per heavy atom. The van der Waals surface area contributed by atoms with Crippen LogP contribution in [-0.4, -0.2) is 17.1 Å². The monoisotopic (exact) mass is 226 g/mol. The second kappa shape index (κ2) is 3.67. The fourth-order valence-electron chi connectivity index (χ4n) is 0.994. The van der Waals surface area contributed by atoms with Gasteiger partial charge in [0.05, 0.1) is 6.10 Å². The lowest BCUT2D eigenvalue weighted by Crippen LogP contribution is -2.03. The van der Waals surface area contributed by atoms with Crippen molar-refractivity contribution < 1.29 is 4.74 Å². The van der Waals surface area contributed by atoms with Gasteiger partial charge >= 0.3 is 0 Å². The first kappa shape index (κ1) is 6.81. The van der Waals surface area contributed by atoms with Gasteiger partial charge in [-0.3, -0.25) is 0 Å². The topological polar surface area (TPSA) is 9.23 Å². The van der Waals surface area contributed by atoms with Crippen LogP contribution in [0, 0.1) is 0 Å². The summed E-state index contributed by atoms with van der Waals surface area (Å²) in [6, 6.07) is 0. The SMILES string of the molecule is ICC[C@@H]1CCCO1. The van der Waals surface area contributed by atoms with Crippen molar-refractivity contribution in [3.05, 3.63) is 0 Å². The minimum absolute atomic E-state index is 0.604. The Labute approximate surface area is 63.9 Å². The summed E-state index contributed by atoms with van der Waals surface area (Å²) in [5.41, 5.74) is 0. The maximum atomic E-state index is 5.39. The summed E-state index contributed by atoms with van der Waals surface area (Å²) in [4.78, 5) is 0. The number of ether oxygens (including phenoxy) is 1. The van der Waals surface area contributed by atoms with Crippen molar-refractivity contribution in [2.45, 2.75) is 25.4 Å². The molecule has 1 atom stereocenters. The standard InChI is InChI=1S/C6H11IO/c7-4-3-6-2-1-5-8-6/h6H,1-5H2/t6-/m0/s1. The highest BCUT2D eigenvalue weighted by molar-refractivity contribution is 14.1. The average Bonchev–Trinajstić information content (AvgIpc) is 2.19. The molecule has 0 aromatic heterocycles. The summed E-state index contributed by atoms with van der Waals surface area (Å²) in [6.45, 7) is 1.00. The predicted molar refractivity (Wildman–Crippen MR) is 42.5 cm³/mol. The lowest BCUT2D eigenvalue weighted by molar-refractivity contribution is 0.109. The van der Waals surface area contributed by atoms with Crippen LogP contribution in [0.25, 0.3) is 0 Å². The largest absolute Gasteiger partial charge is 0.378 e. The first-order chi connectivity index (χ1) is 3.93. The van der Waals surface area contributed by atoms with Crippen LogP contribution in [0.2, 0.25) is 0 Å². The van der Waals surface area contributed by atoms with Crippen LogP contribution < -0.4 is 0 Å². The fraction of sp³-hybridized carbons (Fsp3) is 1.00. The zero-order valence-electron chi connectivity index (χ0n) is 4.90. The highest BCUT2D eigenvalue weighted by Crippen LogP contribution is 2.15. The van der Waals surface area contributed by atoms with Crippen molar-refractivity contribution in [2.75, 3.05) is 11.0 Å². The molecule has 0 aromatic rings. The van der Waals surface area contributed by atoms with Crippen LogP contribution in [-0.2, 0) is 4.74 Å². The van der Waals surface area contributed by atoms with E-state index in [0.717, 1.165) is 6.61 Å². The van der Waals surface area contributed by atoms with Gasteiger partial charge in [-0.05, 0) is 19.3 Å². The van der Waals surface area contributed by atoms with Crippen molar-refractivity contribution in [1.82, 2.24) is 0 Å². The van der Waals surface area contributed by atoms with Crippen LogP contribution >= 0.6 is 22.6 Å². The molecule has 1 nitrogen and oxygen atoms in total. The first-order valence-electron chi connectivity index (χ1n) is 3.11. The second-order valence-corrected chi connectivity index (χ2v) is 3.19. The van der Waals surface area contributed by atoms with Crippen LogP contribution in [0.5, 0.6) is 0 Å². The van der Waals surface area contributed by atoms with E-state index in [4.69, 9.17) is 4.74 Å². The summed E-state index contributed by atoms with van der Waals surface area (Å²) in [5, 5.41) is 0. The second-order valence-electron chi connectivity index (χ2n) is 2.11. The lowest BCUT2D eigenvalue weighted by atomic mass is 10.2. The smallest absolute Gasteiger partial charge is 0.0583 e. The Hall–Kier alpha value is 0.690. The first-order valence-corrected chi connectivity index (χ1v) is 4.63. The molecule has 0 unspecified atom stereocenters. The molecule has 0 aromatic carbocycles. The van der Waals surface area contributed by atoms with Gasteiger partial charge in [0.2, 0.25) is 0 Å². The van der Waals surface area contributed by atoms with Crippen molar-refractivity contribution >= 4 is 22.6 Å². The predicted octanol–water partition coefficient (Wildman–Crippen LogP) is 1.99. The zero-order chi connectivity index (χ0) is 5.82. The van der Waals surface area contributed by atoms with E-state index in [9.17, 15) is 0 Å². The van der Waals surface area contributed by atoms with Gasteiger partial charge in [-0.2, -0.15) is 0 Å². The van der Waals surface area contributed by atoms with Crippen molar-refractivity contribution in [1.29, 1.82) is 0 Å². The summed E-state index contributed by atoms with van der Waals surface area (Å²) in [6.07, 6.45) is 4.43. The minimum Gasteiger partial charge on any atom is -0.378 e. The van der Waals surface area contributed by atoms with E-state index in [1.807, 2.05) is 0 Å². The molecule has 1 rings (SSSR count). The molecule has 0 saturated carbocycles. The van der Waals surface area contributed by atoms with Crippen LogP contribution in [0.3, 0.4) is 0 Å². The molecule has 0 radical (unpaired) electrons. The third-order valence-corrected chi connectivity index (χ3v) is 2.08. The van der Waals surface area contributed by atoms with Gasteiger partial charge in [-0.15, -0.1) is 0 Å². The Balaban J connectivity index is 2.06. The molecule has 0 bridgehead atoms. The van der Waals surface area contributed by atoms with Gasteiger partial charge in [0.25, 0.3) is 0 Å². The number of alkyl halides is 1. The van der Waals surface area contributed by atoms with E-state index in [1.54, 1.807) is 0 Å². The summed E-state index contributed by atoms with van der Waals surface area (Å²) in [7, 11) is 0. The third-order valence-electron chi connectivity index (χ3n) is 1.46. The van der Waals surface area contributed by atoms with Gasteiger partial charge in [0.15, 0.2) is 0 Å². The average molecular weight is 226 g/mol. The highest BCUT2D eigenvalue weighted by atomic mass is 127. The van der Waals surface area contributed by atoms with Gasteiger partial charge in [0, 0.05) is 11.0 Å². The Morgan fingerprint density at radius 2 is 2.50 bits per heavy atom. The number of rotatable bonds is 2. The third kappa shape index (κ3) is 1.90. The highest BCUT2D eigenvalue weighted by Gasteiger charge is 2.13. The fourth-order valence-corrected chi connectivity index (χ4v) is 1.69. The number of halogens is 1. The minimum atomic E-state index is 0.604. The normalized spacial score (nSPS) is 28.9. The molecular formula is C6H11IO. The molecule has 0 N–H and O–H groups in total. The van der Waals surface area contributed by atoms with Crippen LogP contribution in [0.15, 0.2) is 0 Å². The summed E-state index contributed by atoms with van der Waals surface area (Å²) >= 11 is 2.40. The van der Waals surface area contributed by atoms with E-state index in [0.29, 0.717) is 6.10 Å². The maximum Gasteiger partial charge on any atom is 0.0583 e. The summed E-state index contributed by atoms with van der Waals surface area (Å²) in [5.74, 6) is 0. The lowest BCUT2D eigenvalue weighted by Gasteiger charge is -2.03. The van der Waals surface area contributed by atoms with E-state index in [1.165, 1.54) is 23.7 Å². The molecule has 0 aliphatic carbocycles. The van der Waals surface area contributed by atoms with Gasteiger partial charge in [0.1, 0.15) is 0 Å². The quantitative estimate of drug-likeness (QED) is 0.516. The van der Waals surface area contributed by atoms with Crippen molar-refractivity contribution in [2.24, 2.45) is 0 Å². The number of hydrogen-bond donors (Lipinski definition) is 0. The molecule has 1 aliphatic rings. The van der Waals surface area contributed by atoms with Crippen LogP contribution in [0.1, 0.15) is 19.3 Å². The number of hydrogen-bond acceptors (Lipinski definition) is 1. The molecule has 1 saturated heterocycles. The Kier molecular flexibility index (Phi) is 3.12. The molecule has 8 heavy (non-hydrogen) atoms. The van der Waals surface area contributed by atoms with Gasteiger partial charge in [-0.1, -0.05) is 22.6 Å².